The third-order valence-corrected chi connectivity index (χ3v) is 39.3. The number of hydrogen-bond donors (Lipinski definition) is 0. The van der Waals surface area contributed by atoms with Gasteiger partial charge in [-0.15, -0.1) is 0 Å². The van der Waals surface area contributed by atoms with Crippen LogP contribution in [-0.4, -0.2) is 926 Å². The molecule has 0 aliphatic heterocycles. The predicted molar refractivity (Wildman–Crippen MR) is 939 cm³/mol. The third kappa shape index (κ3) is 37.5. The fraction of sp³-hybridized carbons (Fsp3) is 0. The van der Waals surface area contributed by atoms with Crippen LogP contribution in [0, 0.1) is 0 Å². The first-order valence-electron chi connectivity index (χ1n) is 59.6. The van der Waals surface area contributed by atoms with E-state index in [1.54, 1.807) is 0 Å². The van der Waals surface area contributed by atoms with Crippen LogP contribution >= 0.6 is 0 Å². The average molecular weight is 1550 g/mol. The van der Waals surface area contributed by atoms with Gasteiger partial charge in [-0.25, -0.2) is 0 Å². The molecule has 0 amide bonds. The lowest BCUT2D eigenvalue weighted by molar-refractivity contribution is 3.11. The van der Waals surface area contributed by atoms with Crippen molar-refractivity contribution in [3.05, 3.63) is 0 Å². The molecule has 0 nitrogen and oxygen atoms in total. The van der Waals surface area contributed by atoms with Crippen molar-refractivity contribution >= 4 is 926 Å². The van der Waals surface area contributed by atoms with E-state index in [-0.39, 0.29) is 6.39 Å². The minimum absolute atomic E-state index is 0.288. The van der Waals surface area contributed by atoms with Gasteiger partial charge in [0.15, 0.2) is 0 Å². The summed E-state index contributed by atoms with van der Waals surface area (Å²) in [7, 11) is 190. The molecule has 0 spiro atoms. The first-order chi connectivity index (χ1) is 59.6. The van der Waals surface area contributed by atoms with E-state index in [0.717, 1.165) is 0 Å². The lowest BCUT2D eigenvalue weighted by Gasteiger charge is -2.64. The Hall–Kier alpha value is 8.51. The summed E-state index contributed by atoms with van der Waals surface area (Å²) in [5.41, 5.74) is 0. The summed E-state index contributed by atoms with van der Waals surface area (Å²) in [6.07, 6.45) is 28.7. The smallest absolute Gasteiger partial charge is 0.000000104 e. The van der Waals surface area contributed by atoms with Gasteiger partial charge in [0.25, 0.3) is 0 Å². The number of rotatable bonds is 64. The molecule has 0 aliphatic carbocycles. The second kappa shape index (κ2) is 64.5. The molecular weight excluding hydrogens is 1420 g/mol. The molecule has 131 heteroatoms. The van der Waals surface area contributed by atoms with Gasteiger partial charge in [0, 0.05) is 416 Å². The second-order valence-electron chi connectivity index (χ2n) is 59.1. The van der Waals surface area contributed by atoms with Crippen LogP contribution in [0.25, 0.3) is 0 Å². The summed E-state index contributed by atoms with van der Waals surface area (Å²) < 4.78 is 0. The highest BCUT2D eigenvalue weighted by molar-refractivity contribution is 8.47. The molecule has 0 saturated heterocycles. The zero-order chi connectivity index (χ0) is 104. The topological polar surface area (TPSA) is 0 Å². The van der Waals surface area contributed by atoms with Gasteiger partial charge >= 0.3 is 0 Å². The first-order valence-corrected chi connectivity index (χ1v) is 59.6. The highest BCUT2D eigenvalue weighted by atomic mass is 13.5. The lowest BCUT2D eigenvalue weighted by atomic mass is 8.16. The molecule has 0 atom stereocenters. The monoisotopic (exact) mass is 1580 g/mol. The molecule has 0 heterocycles. The largest absolute Gasteiger partial charge is 0.0594 e. The van der Waals surface area contributed by atoms with Crippen molar-refractivity contribution < 1.29 is 0 Å². The molecule has 0 unspecified atom stereocenters. The second-order valence-corrected chi connectivity index (χ2v) is 59.1. The van der Waals surface area contributed by atoms with Crippen molar-refractivity contribution in [2.24, 2.45) is 0 Å². The van der Waals surface area contributed by atoms with Crippen molar-refractivity contribution in [3.63, 3.8) is 0 Å². The van der Waals surface area contributed by atoms with Gasteiger partial charge in [0.05, 0.1) is 511 Å². The maximum absolute atomic E-state index is 2.96. The van der Waals surface area contributed by atoms with Crippen LogP contribution in [0.15, 0.2) is 0 Å². The SMILES string of the molecule is BBB(B)B(B(B(B)B)B(B)B)B(B(B(B)B)B(B)B)B(B(B(B(B)B)B(B)B)B(B(B)B)B(B)B)B(B(B(B(B(B)B)B(B)B)B(B(B)B)B(B)B)B(B(B(B)B)B(B)B)B(B(B)B)B(B)B)B(B(B(B(B(B)B)B(B)B)B(B(B)B)B(B)B)B(B(B(B)B)B(B)B)B(B(B)B)B(B)B)B(B(B(B(B)B)B(B)B)B(B(B)B)B(B)B)B(B(B(B)B)B(B)B)B(B(B)B)B(B)B. The van der Waals surface area contributed by atoms with Crippen molar-refractivity contribution in [2.45, 2.75) is 0 Å². The number of hydrogen-bond acceptors (Lipinski definition) is 0. The van der Waals surface area contributed by atoms with E-state index in [0.29, 0.717) is 402 Å². The maximum Gasteiger partial charge on any atom is 0.0594 e. The molecule has 0 saturated carbocycles. The van der Waals surface area contributed by atoms with Crippen LogP contribution in [0.2, 0.25) is 0 Å². The van der Waals surface area contributed by atoms with Crippen LogP contribution in [0.3, 0.4) is 0 Å². The van der Waals surface area contributed by atoms with Crippen molar-refractivity contribution in [3.8, 4) is 0 Å². The fourth-order valence-electron chi connectivity index (χ4n) is 38.6. The van der Waals surface area contributed by atoms with Crippen LogP contribution < -0.4 is 0 Å². The quantitative estimate of drug-likeness (QED) is 0.0533. The Morgan fingerprint density at radius 2 is 0.115 bits per heavy atom. The van der Waals surface area contributed by atoms with E-state index < -0.39 is 0 Å². The highest BCUT2D eigenvalue weighted by Gasteiger charge is 2.72. The Morgan fingerprint density at radius 3 is 0.168 bits per heavy atom. The molecule has 0 fully saturated rings. The maximum atomic E-state index is 2.96. The van der Waals surface area contributed by atoms with Gasteiger partial charge in [0.2, 0.25) is 0 Å². The van der Waals surface area contributed by atoms with E-state index >= 15 is 0 Å². The minimum atomic E-state index is 0.288. The molecule has 0 aromatic heterocycles. The summed E-state index contributed by atoms with van der Waals surface area (Å²) in [5, 5.41) is 0. The molecule has 131 heavy (non-hydrogen) atoms. The van der Waals surface area contributed by atoms with E-state index in [4.69, 9.17) is 0 Å². The van der Waals surface area contributed by atoms with Gasteiger partial charge in [-0.05, 0) is 0 Å². The summed E-state index contributed by atoms with van der Waals surface area (Å²) >= 11 is 0. The standard InChI is InChI=1S/B131H133/c1-67-100(66)117(101(68(2)3)69(4)5)125(116(98(62)63)99(64)65)129(124(114(94(54)55)95(56)57)115(96(58)59)97(60)61)131(128(122(110(86(38)39)87(40)41)111(88(42)43)89(44)45)123(112(90(46)47)91(48)49)113(92(50)51)93(52)53)130(126(118(102(70(6)7)71(8)9)103(72(10)11)73(12)13)119(104(74(14)15)75(16)17)105(76(18)19)77(20)21)127(120(106(78(22)23)79(24)25)107(80(26)27)81(28)29)121(108(82(30)31)83(32)33)109(84(34)35)85(36)37/h67H,1-66H2. The van der Waals surface area contributed by atoms with Gasteiger partial charge in [0.1, 0.15) is 0 Å². The van der Waals surface area contributed by atoms with Crippen LogP contribution in [0.5, 0.6) is 0 Å². The van der Waals surface area contributed by atoms with Gasteiger partial charge < -0.3 is 0 Å². The summed E-state index contributed by atoms with van der Waals surface area (Å²) in [6, 6.07) is 0. The molecule has 0 rings (SSSR count). The lowest BCUT2D eigenvalue weighted by Crippen LogP contribution is -3.03. The van der Waals surface area contributed by atoms with E-state index in [9.17, 15) is 0 Å². The Balaban J connectivity index is 17.6. The summed E-state index contributed by atoms with van der Waals surface area (Å²) in [4.78, 5) is 0. The Bertz CT molecular complexity index is 2250. The Kier molecular flexibility index (Phi) is 68.7. The average Bonchev–Trinajstić information content (AvgIpc) is 0.697. The highest BCUT2D eigenvalue weighted by Crippen LogP contribution is 2.34. The van der Waals surface area contributed by atoms with E-state index in [1.165, 1.54) is 7.06 Å². The fourth-order valence-corrected chi connectivity index (χ4v) is 38.6. The normalized spacial score (nSPS) is 9.86. The molecule has 0 aromatic rings. The molecule has 0 N–H and O–H groups in total. The van der Waals surface area contributed by atoms with Crippen LogP contribution in [-0.2, 0) is 0 Å². The molecule has 0 bridgehead atoms. The third-order valence-electron chi connectivity index (χ3n) is 39.3. The van der Waals surface area contributed by atoms with Crippen LogP contribution in [0.1, 0.15) is 0 Å². The van der Waals surface area contributed by atoms with Gasteiger partial charge in [-0.2, -0.15) is 0 Å². The molecule has 0 radical (unpaired) electrons. The summed E-state index contributed by atoms with van der Waals surface area (Å²) in [6.45, 7) is 0. The summed E-state index contributed by atoms with van der Waals surface area (Å²) in [5.74, 6) is 0. The van der Waals surface area contributed by atoms with E-state index in [2.05, 4.69) is 511 Å². The Morgan fingerprint density at radius 1 is 0.0687 bits per heavy atom. The Labute approximate surface area is 916 Å². The van der Waals surface area contributed by atoms with E-state index in [1.807, 2.05) is 0 Å². The van der Waals surface area contributed by atoms with Crippen LogP contribution in [0.4, 0.5) is 0 Å². The van der Waals surface area contributed by atoms with Crippen molar-refractivity contribution in [1.82, 2.24) is 0 Å². The van der Waals surface area contributed by atoms with Crippen molar-refractivity contribution in [1.29, 1.82) is 0 Å². The van der Waals surface area contributed by atoms with Crippen molar-refractivity contribution in [2.75, 3.05) is 0 Å². The molecule has 0 aliphatic rings. The molecular formula is H133B131. The minimum Gasteiger partial charge on any atom is 0.000000104 e. The first kappa shape index (κ1) is 140. The zero-order valence-corrected chi connectivity index (χ0v) is 104. The predicted octanol–water partition coefficient (Wildman–Crippen LogP) is -85.5. The van der Waals surface area contributed by atoms with Gasteiger partial charge in [-0.3, -0.25) is 0 Å². The van der Waals surface area contributed by atoms with Gasteiger partial charge in [-0.1, -0.05) is 0 Å². The zero-order valence-electron chi connectivity index (χ0n) is 104. The molecule has 526 valence electrons. The molecule has 0 aromatic carbocycles.